The maximum atomic E-state index is 2.62. The van der Waals surface area contributed by atoms with Crippen molar-refractivity contribution in [3.8, 4) is 0 Å². The van der Waals surface area contributed by atoms with E-state index in [9.17, 15) is 0 Å². The van der Waals surface area contributed by atoms with Crippen molar-refractivity contribution in [3.63, 3.8) is 0 Å². The third-order valence-electron chi connectivity index (χ3n) is 6.41. The molecule has 2 aliphatic rings. The zero-order chi connectivity index (χ0) is 18.3. The fourth-order valence-electron chi connectivity index (χ4n) is 4.16. The van der Waals surface area contributed by atoms with Gasteiger partial charge in [-0.2, -0.15) is 0 Å². The highest BCUT2D eigenvalue weighted by molar-refractivity contribution is 4.77. The van der Waals surface area contributed by atoms with Crippen LogP contribution in [0.2, 0.25) is 0 Å². The van der Waals surface area contributed by atoms with Crippen molar-refractivity contribution in [2.75, 3.05) is 26.2 Å². The first-order valence-electron chi connectivity index (χ1n) is 10.7. The number of hydrogen-bond donors (Lipinski definition) is 0. The lowest BCUT2D eigenvalue weighted by molar-refractivity contribution is 0.117. The molecule has 2 aliphatic heterocycles. The highest BCUT2D eigenvalue weighted by Gasteiger charge is 2.23. The minimum atomic E-state index is 0. The Hall–Kier alpha value is -0.0800. The van der Waals surface area contributed by atoms with E-state index in [1.165, 1.54) is 51.9 Å². The topological polar surface area (TPSA) is 6.48 Å². The summed E-state index contributed by atoms with van der Waals surface area (Å²) < 4.78 is 0. The summed E-state index contributed by atoms with van der Waals surface area (Å²) in [5, 5.41) is 0. The molecule has 2 saturated heterocycles. The molecule has 0 aromatic carbocycles. The number of likely N-dealkylation sites (tertiary alicyclic amines) is 2. The largest absolute Gasteiger partial charge is 0.301 e. The van der Waals surface area contributed by atoms with Gasteiger partial charge in [0.25, 0.3) is 0 Å². The molecule has 152 valence electrons. The predicted octanol–water partition coefficient (Wildman–Crippen LogP) is 6.16. The van der Waals surface area contributed by atoms with Gasteiger partial charge in [0.2, 0.25) is 0 Å². The summed E-state index contributed by atoms with van der Waals surface area (Å²) in [6.45, 7) is 23.9. The molecule has 25 heavy (non-hydrogen) atoms. The Kier molecular flexibility index (Phi) is 12.3. The summed E-state index contributed by atoms with van der Waals surface area (Å²) in [7, 11) is 0. The van der Waals surface area contributed by atoms with Gasteiger partial charge in [-0.1, -0.05) is 35.1 Å². The molecule has 2 rings (SSSR count). The van der Waals surface area contributed by atoms with E-state index < -0.39 is 0 Å². The minimum Gasteiger partial charge on any atom is -0.301 e. The van der Waals surface area contributed by atoms with Crippen molar-refractivity contribution >= 4 is 0 Å². The van der Waals surface area contributed by atoms with E-state index in [1.807, 2.05) is 0 Å². The van der Waals surface area contributed by atoms with Crippen LogP contribution in [-0.4, -0.2) is 48.1 Å². The van der Waals surface area contributed by atoms with Gasteiger partial charge >= 0.3 is 0 Å². The molecular weight excluding hydrogens is 304 g/mol. The number of hydrogen-bond acceptors (Lipinski definition) is 2. The molecule has 0 aromatic heterocycles. The van der Waals surface area contributed by atoms with Crippen LogP contribution >= 0.6 is 0 Å². The van der Waals surface area contributed by atoms with Gasteiger partial charge in [-0.05, 0) is 96.7 Å². The molecular formula is C23H50N2. The normalized spacial score (nSPS) is 23.8. The van der Waals surface area contributed by atoms with Gasteiger partial charge in [0, 0.05) is 18.6 Å². The van der Waals surface area contributed by atoms with E-state index >= 15 is 0 Å². The maximum Gasteiger partial charge on any atom is 0.00387 e. The fraction of sp³-hybridized carbons (Fsp3) is 1.00. The Morgan fingerprint density at radius 3 is 1.48 bits per heavy atom. The third kappa shape index (κ3) is 8.91. The molecule has 0 saturated carbocycles. The average molecular weight is 355 g/mol. The molecule has 0 bridgehead atoms. The molecule has 0 aliphatic carbocycles. The molecule has 0 amide bonds. The molecule has 0 N–H and O–H groups in total. The van der Waals surface area contributed by atoms with Crippen molar-refractivity contribution in [3.05, 3.63) is 0 Å². The maximum absolute atomic E-state index is 2.62. The summed E-state index contributed by atoms with van der Waals surface area (Å²) in [4.78, 5) is 5.22. The second kappa shape index (κ2) is 12.3. The van der Waals surface area contributed by atoms with Crippen LogP contribution in [0.4, 0.5) is 0 Å². The summed E-state index contributed by atoms with van der Waals surface area (Å²) in [6.07, 6.45) is 5.67. The number of nitrogens with zero attached hydrogens (tertiary/aromatic N) is 2. The van der Waals surface area contributed by atoms with Gasteiger partial charge < -0.3 is 9.80 Å². The minimum absolute atomic E-state index is 0. The Bertz CT molecular complexity index is 284. The Labute approximate surface area is 160 Å². The molecule has 2 fully saturated rings. The first kappa shape index (κ1) is 24.9. The zero-order valence-corrected chi connectivity index (χ0v) is 18.0. The van der Waals surface area contributed by atoms with E-state index in [1.54, 1.807) is 0 Å². The zero-order valence-electron chi connectivity index (χ0n) is 18.0. The third-order valence-corrected chi connectivity index (χ3v) is 6.41. The SMILES string of the molecule is C.CC(C)C1CCCN(C(C)C)C1.CC(C)C1CCN(C(C)C)CC1. The molecule has 1 atom stereocenters. The second-order valence-corrected chi connectivity index (χ2v) is 9.45. The predicted molar refractivity (Wildman–Crippen MR) is 115 cm³/mol. The summed E-state index contributed by atoms with van der Waals surface area (Å²) in [6, 6.07) is 1.49. The number of piperidine rings is 2. The van der Waals surface area contributed by atoms with Gasteiger partial charge in [-0.15, -0.1) is 0 Å². The van der Waals surface area contributed by atoms with Crippen LogP contribution in [0.3, 0.4) is 0 Å². The summed E-state index contributed by atoms with van der Waals surface area (Å²) in [5.41, 5.74) is 0. The molecule has 0 spiro atoms. The van der Waals surface area contributed by atoms with Gasteiger partial charge in [-0.25, -0.2) is 0 Å². The van der Waals surface area contributed by atoms with Crippen LogP contribution in [0, 0.1) is 23.7 Å². The molecule has 2 heteroatoms. The average Bonchev–Trinajstić information content (AvgIpc) is 2.55. The Balaban J connectivity index is 0.000000443. The van der Waals surface area contributed by atoms with Gasteiger partial charge in [-0.3, -0.25) is 0 Å². The van der Waals surface area contributed by atoms with Crippen LogP contribution in [-0.2, 0) is 0 Å². The summed E-state index contributed by atoms with van der Waals surface area (Å²) >= 11 is 0. The van der Waals surface area contributed by atoms with Crippen LogP contribution in [0.15, 0.2) is 0 Å². The van der Waals surface area contributed by atoms with E-state index in [0.717, 1.165) is 35.8 Å². The Morgan fingerprint density at radius 1 is 0.600 bits per heavy atom. The van der Waals surface area contributed by atoms with Gasteiger partial charge in [0.15, 0.2) is 0 Å². The van der Waals surface area contributed by atoms with Crippen molar-refractivity contribution in [2.45, 2.75) is 101 Å². The van der Waals surface area contributed by atoms with E-state index in [2.05, 4.69) is 65.2 Å². The lowest BCUT2D eigenvalue weighted by Crippen LogP contribution is -2.41. The molecule has 0 radical (unpaired) electrons. The summed E-state index contributed by atoms with van der Waals surface area (Å²) in [5.74, 6) is 3.69. The van der Waals surface area contributed by atoms with E-state index in [4.69, 9.17) is 0 Å². The molecule has 1 unspecified atom stereocenters. The van der Waals surface area contributed by atoms with E-state index in [-0.39, 0.29) is 7.43 Å². The van der Waals surface area contributed by atoms with Crippen LogP contribution in [0.1, 0.15) is 88.5 Å². The number of rotatable bonds is 4. The van der Waals surface area contributed by atoms with Gasteiger partial charge in [0.05, 0.1) is 0 Å². The Morgan fingerprint density at radius 2 is 1.08 bits per heavy atom. The second-order valence-electron chi connectivity index (χ2n) is 9.45. The quantitative estimate of drug-likeness (QED) is 0.596. The van der Waals surface area contributed by atoms with Crippen LogP contribution in [0.25, 0.3) is 0 Å². The fourth-order valence-corrected chi connectivity index (χ4v) is 4.16. The van der Waals surface area contributed by atoms with Crippen molar-refractivity contribution in [2.24, 2.45) is 23.7 Å². The van der Waals surface area contributed by atoms with Crippen LogP contribution in [0.5, 0.6) is 0 Å². The van der Waals surface area contributed by atoms with Crippen molar-refractivity contribution < 1.29 is 0 Å². The van der Waals surface area contributed by atoms with Gasteiger partial charge in [0.1, 0.15) is 0 Å². The standard InChI is InChI=1S/2C11H23N.CH4/c1-9(2)11-5-7-12(8-6-11)10(3)4;1-9(2)11-6-5-7-12(8-11)10(3)4;/h2*9-11H,5-8H2,1-4H3;1H4. The monoisotopic (exact) mass is 354 g/mol. The highest BCUT2D eigenvalue weighted by Crippen LogP contribution is 2.25. The molecule has 0 aromatic rings. The van der Waals surface area contributed by atoms with Crippen molar-refractivity contribution in [1.29, 1.82) is 0 Å². The molecule has 2 nitrogen and oxygen atoms in total. The molecule has 2 heterocycles. The highest BCUT2D eigenvalue weighted by atomic mass is 15.2. The smallest absolute Gasteiger partial charge is 0.00387 e. The van der Waals surface area contributed by atoms with E-state index in [0.29, 0.717) is 0 Å². The van der Waals surface area contributed by atoms with Crippen molar-refractivity contribution in [1.82, 2.24) is 9.80 Å². The lowest BCUT2D eigenvalue weighted by Gasteiger charge is -2.37. The first-order chi connectivity index (χ1) is 11.2. The van der Waals surface area contributed by atoms with Crippen LogP contribution < -0.4 is 0 Å². The first-order valence-corrected chi connectivity index (χ1v) is 10.7. The lowest BCUT2D eigenvalue weighted by atomic mass is 9.86.